The van der Waals surface area contributed by atoms with E-state index in [0.717, 1.165) is 0 Å². The number of nitrogens with two attached hydrogens (primary N) is 2. The molecule has 0 fully saturated rings. The molecule has 0 aliphatic rings. The molecule has 0 spiro atoms. The minimum absolute atomic E-state index is 0.282. The summed E-state index contributed by atoms with van der Waals surface area (Å²) in [4.78, 5) is 0. The van der Waals surface area contributed by atoms with Crippen molar-refractivity contribution < 1.29 is 0 Å². The summed E-state index contributed by atoms with van der Waals surface area (Å²) in [5.74, 6) is 5.88. The van der Waals surface area contributed by atoms with Crippen LogP contribution in [0.15, 0.2) is 5.16 Å². The normalized spacial score (nSPS) is 10.0. The van der Waals surface area contributed by atoms with Crippen molar-refractivity contribution in [3.8, 4) is 0 Å². The van der Waals surface area contributed by atoms with Crippen molar-refractivity contribution >= 4 is 12.6 Å². The summed E-state index contributed by atoms with van der Waals surface area (Å²) in [6, 6.07) is 0. The highest BCUT2D eigenvalue weighted by Gasteiger charge is 2.01. The summed E-state index contributed by atoms with van der Waals surface area (Å²) in [6.45, 7) is 0.282. The van der Waals surface area contributed by atoms with Crippen molar-refractivity contribution in [3.05, 3.63) is 5.82 Å². The number of hydrogen-bond donors (Lipinski definition) is 3. The fourth-order valence-electron chi connectivity index (χ4n) is 0.453. The van der Waals surface area contributed by atoms with E-state index >= 15 is 0 Å². The van der Waals surface area contributed by atoms with Gasteiger partial charge >= 0.3 is 0 Å². The molecule has 6 heteroatoms. The molecule has 0 saturated heterocycles. The third-order valence-corrected chi connectivity index (χ3v) is 1.24. The van der Waals surface area contributed by atoms with Crippen LogP contribution in [0.1, 0.15) is 5.82 Å². The molecule has 1 heterocycles. The predicted molar refractivity (Wildman–Crippen MR) is 35.3 cm³/mol. The molecule has 4 N–H and O–H groups in total. The lowest BCUT2D eigenvalue weighted by molar-refractivity contribution is 0.788. The van der Waals surface area contributed by atoms with Gasteiger partial charge in [-0.2, -0.15) is 0 Å². The van der Waals surface area contributed by atoms with E-state index in [1.807, 2.05) is 0 Å². The molecular formula is C3H7N5S. The molecule has 9 heavy (non-hydrogen) atoms. The molecule has 1 aromatic rings. The van der Waals surface area contributed by atoms with E-state index < -0.39 is 0 Å². The smallest absolute Gasteiger partial charge is 0.206 e. The zero-order valence-electron chi connectivity index (χ0n) is 4.65. The predicted octanol–water partition coefficient (Wildman–Crippen LogP) is -1.26. The third kappa shape index (κ3) is 0.984. The summed E-state index contributed by atoms with van der Waals surface area (Å²) >= 11 is 3.88. The van der Waals surface area contributed by atoms with E-state index in [-0.39, 0.29) is 6.54 Å². The third-order valence-electron chi connectivity index (χ3n) is 0.931. The van der Waals surface area contributed by atoms with Crippen molar-refractivity contribution in [1.29, 1.82) is 0 Å². The summed E-state index contributed by atoms with van der Waals surface area (Å²) in [5, 5.41) is 7.55. The largest absolute Gasteiger partial charge is 0.336 e. The SMILES string of the molecule is NCc1nnc(S)n1N. The first kappa shape index (κ1) is 6.37. The van der Waals surface area contributed by atoms with E-state index in [1.165, 1.54) is 4.68 Å². The van der Waals surface area contributed by atoms with Gasteiger partial charge in [-0.1, -0.05) is 0 Å². The lowest BCUT2D eigenvalue weighted by Gasteiger charge is -1.94. The van der Waals surface area contributed by atoms with Crippen LogP contribution in [0.3, 0.4) is 0 Å². The molecular weight excluding hydrogens is 138 g/mol. The molecule has 0 aromatic carbocycles. The van der Waals surface area contributed by atoms with E-state index in [2.05, 4.69) is 22.8 Å². The van der Waals surface area contributed by atoms with Crippen LogP contribution in [0.25, 0.3) is 0 Å². The van der Waals surface area contributed by atoms with Crippen LogP contribution in [-0.2, 0) is 6.54 Å². The molecule has 50 valence electrons. The second-order valence-corrected chi connectivity index (χ2v) is 1.89. The molecule has 0 aliphatic carbocycles. The monoisotopic (exact) mass is 145 g/mol. The van der Waals surface area contributed by atoms with Crippen molar-refractivity contribution in [2.45, 2.75) is 11.7 Å². The van der Waals surface area contributed by atoms with Gasteiger partial charge in [-0.05, 0) is 0 Å². The Labute approximate surface area is 57.4 Å². The van der Waals surface area contributed by atoms with Crippen molar-refractivity contribution in [2.75, 3.05) is 5.84 Å². The van der Waals surface area contributed by atoms with E-state index in [0.29, 0.717) is 11.0 Å². The lowest BCUT2D eigenvalue weighted by atomic mass is 10.6. The molecule has 0 atom stereocenters. The first-order valence-electron chi connectivity index (χ1n) is 2.34. The molecule has 0 radical (unpaired) electrons. The molecule has 0 saturated carbocycles. The average Bonchev–Trinajstić information content (AvgIpc) is 2.15. The van der Waals surface area contributed by atoms with Crippen LogP contribution in [0.2, 0.25) is 0 Å². The number of rotatable bonds is 1. The number of nitrogen functional groups attached to an aromatic ring is 1. The lowest BCUT2D eigenvalue weighted by Crippen LogP contribution is -2.15. The minimum Gasteiger partial charge on any atom is -0.336 e. The minimum atomic E-state index is 0.282. The Morgan fingerprint density at radius 2 is 2.22 bits per heavy atom. The Morgan fingerprint density at radius 3 is 2.44 bits per heavy atom. The highest BCUT2D eigenvalue weighted by molar-refractivity contribution is 7.80. The second kappa shape index (κ2) is 2.24. The Balaban J connectivity index is 3.04. The van der Waals surface area contributed by atoms with Gasteiger partial charge in [0.05, 0.1) is 6.54 Å². The first-order chi connectivity index (χ1) is 4.25. The Hall–Kier alpha value is -0.750. The van der Waals surface area contributed by atoms with Gasteiger partial charge in [-0.15, -0.1) is 22.8 Å². The zero-order chi connectivity index (χ0) is 6.85. The fourth-order valence-corrected chi connectivity index (χ4v) is 0.614. The molecule has 1 aromatic heterocycles. The van der Waals surface area contributed by atoms with Gasteiger partial charge in [-0.25, -0.2) is 4.68 Å². The summed E-state index contributed by atoms with van der Waals surface area (Å²) < 4.78 is 1.24. The Kier molecular flexibility index (Phi) is 1.58. The average molecular weight is 145 g/mol. The fraction of sp³-hybridized carbons (Fsp3) is 0.333. The number of thiol groups is 1. The summed E-state index contributed by atoms with van der Waals surface area (Å²) in [7, 11) is 0. The topological polar surface area (TPSA) is 82.8 Å². The standard InChI is InChI=1S/C3H7N5S/c4-1-2-6-7-3(9)8(2)5/h1,4-5H2,(H,7,9). The van der Waals surface area contributed by atoms with Gasteiger partial charge < -0.3 is 11.6 Å². The maximum Gasteiger partial charge on any atom is 0.206 e. The van der Waals surface area contributed by atoms with Crippen molar-refractivity contribution in [2.24, 2.45) is 5.73 Å². The van der Waals surface area contributed by atoms with Gasteiger partial charge in [0.15, 0.2) is 5.82 Å². The number of hydrogen-bond acceptors (Lipinski definition) is 5. The van der Waals surface area contributed by atoms with E-state index in [9.17, 15) is 0 Å². The van der Waals surface area contributed by atoms with Crippen LogP contribution >= 0.6 is 12.6 Å². The van der Waals surface area contributed by atoms with Gasteiger partial charge in [-0.3, -0.25) is 0 Å². The quantitative estimate of drug-likeness (QED) is 0.340. The molecule has 0 unspecified atom stereocenters. The second-order valence-electron chi connectivity index (χ2n) is 1.49. The maximum atomic E-state index is 5.35. The maximum absolute atomic E-state index is 5.35. The Morgan fingerprint density at radius 1 is 1.56 bits per heavy atom. The van der Waals surface area contributed by atoms with Crippen LogP contribution in [0.4, 0.5) is 0 Å². The number of nitrogens with zero attached hydrogens (tertiary/aromatic N) is 3. The van der Waals surface area contributed by atoms with Gasteiger partial charge in [0.1, 0.15) is 0 Å². The molecule has 1 rings (SSSR count). The van der Waals surface area contributed by atoms with Crippen LogP contribution < -0.4 is 11.6 Å². The van der Waals surface area contributed by atoms with E-state index in [4.69, 9.17) is 11.6 Å². The van der Waals surface area contributed by atoms with Crippen LogP contribution in [-0.4, -0.2) is 14.9 Å². The van der Waals surface area contributed by atoms with E-state index in [1.54, 1.807) is 0 Å². The van der Waals surface area contributed by atoms with Crippen molar-refractivity contribution in [1.82, 2.24) is 14.9 Å². The first-order valence-corrected chi connectivity index (χ1v) is 2.79. The summed E-state index contributed by atoms with van der Waals surface area (Å²) in [6.07, 6.45) is 0. The number of aromatic nitrogens is 3. The van der Waals surface area contributed by atoms with Crippen molar-refractivity contribution in [3.63, 3.8) is 0 Å². The van der Waals surface area contributed by atoms with Gasteiger partial charge in [0, 0.05) is 0 Å². The van der Waals surface area contributed by atoms with Crippen LogP contribution in [0.5, 0.6) is 0 Å². The molecule has 5 nitrogen and oxygen atoms in total. The molecule has 0 aliphatic heterocycles. The highest BCUT2D eigenvalue weighted by Crippen LogP contribution is 1.98. The van der Waals surface area contributed by atoms with Gasteiger partial charge in [0.25, 0.3) is 0 Å². The van der Waals surface area contributed by atoms with Crippen LogP contribution in [0, 0.1) is 0 Å². The zero-order valence-corrected chi connectivity index (χ0v) is 5.55. The van der Waals surface area contributed by atoms with Gasteiger partial charge in [0.2, 0.25) is 5.16 Å². The molecule has 0 amide bonds. The molecule has 0 bridgehead atoms. The Bertz CT molecular complexity index is 206. The highest BCUT2D eigenvalue weighted by atomic mass is 32.1. The summed E-state index contributed by atoms with van der Waals surface area (Å²) in [5.41, 5.74) is 5.23.